The Bertz CT molecular complexity index is 345. The van der Waals surface area contributed by atoms with Crippen LogP contribution in [0.3, 0.4) is 0 Å². The Hall–Kier alpha value is -1.06. The van der Waals surface area contributed by atoms with Crippen LogP contribution in [0.25, 0.3) is 0 Å². The van der Waals surface area contributed by atoms with Crippen molar-refractivity contribution in [2.75, 3.05) is 0 Å². The molecule has 0 aromatic rings. The van der Waals surface area contributed by atoms with Gasteiger partial charge >= 0.3 is 0 Å². The maximum atomic E-state index is 12.5. The molecule has 1 heterocycles. The molecule has 96 valence electrons. The second kappa shape index (κ2) is 4.00. The Balaban J connectivity index is 2.31. The van der Waals surface area contributed by atoms with Gasteiger partial charge in [0.1, 0.15) is 11.6 Å². The lowest BCUT2D eigenvalue weighted by atomic mass is 9.84. The number of piperazine rings is 1. The summed E-state index contributed by atoms with van der Waals surface area (Å²) in [6.07, 6.45) is 3.25. The fourth-order valence-electron chi connectivity index (χ4n) is 2.69. The predicted octanol–water partition coefficient (Wildman–Crippen LogP) is 1.30. The Morgan fingerprint density at radius 1 is 1.29 bits per heavy atom. The summed E-state index contributed by atoms with van der Waals surface area (Å²) in [5.41, 5.74) is -0.752. The van der Waals surface area contributed by atoms with E-state index in [1.807, 2.05) is 18.7 Å². The van der Waals surface area contributed by atoms with Gasteiger partial charge in [0, 0.05) is 6.04 Å². The molecule has 0 bridgehead atoms. The van der Waals surface area contributed by atoms with Gasteiger partial charge in [0.05, 0.1) is 0 Å². The topological polar surface area (TPSA) is 49.4 Å². The summed E-state index contributed by atoms with van der Waals surface area (Å²) in [4.78, 5) is 26.5. The maximum absolute atomic E-state index is 12.5. The molecule has 2 amide bonds. The number of amides is 2. The normalized spacial score (nSPS) is 29.2. The minimum Gasteiger partial charge on any atom is -0.340 e. The zero-order chi connectivity index (χ0) is 12.8. The third-order valence-corrected chi connectivity index (χ3v) is 3.87. The van der Waals surface area contributed by atoms with Crippen LogP contribution in [0.1, 0.15) is 47.0 Å². The van der Waals surface area contributed by atoms with E-state index in [4.69, 9.17) is 0 Å². The highest BCUT2D eigenvalue weighted by Gasteiger charge is 2.49. The number of nitrogens with zero attached hydrogens (tertiary/aromatic N) is 1. The molecule has 2 rings (SSSR count). The Morgan fingerprint density at radius 3 is 2.29 bits per heavy atom. The molecule has 17 heavy (non-hydrogen) atoms. The van der Waals surface area contributed by atoms with Gasteiger partial charge < -0.3 is 10.2 Å². The molecule has 0 spiro atoms. The van der Waals surface area contributed by atoms with Crippen molar-refractivity contribution in [1.29, 1.82) is 0 Å². The average Bonchev–Trinajstić information content (AvgIpc) is 2.09. The van der Waals surface area contributed by atoms with Crippen molar-refractivity contribution >= 4 is 11.8 Å². The average molecular weight is 238 g/mol. The predicted molar refractivity (Wildman–Crippen MR) is 65.3 cm³/mol. The van der Waals surface area contributed by atoms with Crippen LogP contribution in [0.4, 0.5) is 0 Å². The summed E-state index contributed by atoms with van der Waals surface area (Å²) in [6, 6.07) is -0.0129. The number of hydrogen-bond acceptors (Lipinski definition) is 2. The minimum absolute atomic E-state index is 0.00324. The van der Waals surface area contributed by atoms with E-state index in [1.165, 1.54) is 6.42 Å². The van der Waals surface area contributed by atoms with Crippen LogP contribution in [0.5, 0.6) is 0 Å². The highest BCUT2D eigenvalue weighted by Crippen LogP contribution is 2.33. The van der Waals surface area contributed by atoms with Crippen LogP contribution >= 0.6 is 0 Å². The summed E-state index contributed by atoms with van der Waals surface area (Å²) < 4.78 is 0. The minimum atomic E-state index is -0.752. The molecule has 1 aliphatic heterocycles. The first-order chi connectivity index (χ1) is 7.84. The number of carbonyl (C=O) groups excluding carboxylic acids is 2. The van der Waals surface area contributed by atoms with Gasteiger partial charge in [0.25, 0.3) is 0 Å². The second-order valence-electron chi connectivity index (χ2n) is 6.10. The molecule has 2 fully saturated rings. The van der Waals surface area contributed by atoms with Crippen LogP contribution in [0, 0.1) is 5.92 Å². The molecule has 4 heteroatoms. The maximum Gasteiger partial charge on any atom is 0.248 e. The van der Waals surface area contributed by atoms with Gasteiger partial charge in [-0.15, -0.1) is 0 Å². The molecule has 1 N–H and O–H groups in total. The lowest BCUT2D eigenvalue weighted by Gasteiger charge is -2.50. The van der Waals surface area contributed by atoms with Crippen molar-refractivity contribution in [3.63, 3.8) is 0 Å². The molecule has 4 nitrogen and oxygen atoms in total. The van der Waals surface area contributed by atoms with Crippen molar-refractivity contribution in [2.45, 2.75) is 64.6 Å². The first-order valence-corrected chi connectivity index (χ1v) is 6.49. The van der Waals surface area contributed by atoms with Crippen LogP contribution in [-0.2, 0) is 9.59 Å². The van der Waals surface area contributed by atoms with Crippen molar-refractivity contribution in [3.8, 4) is 0 Å². The van der Waals surface area contributed by atoms with Crippen molar-refractivity contribution in [1.82, 2.24) is 10.2 Å². The molecular formula is C13H22N2O2. The van der Waals surface area contributed by atoms with Gasteiger partial charge in [0.2, 0.25) is 11.8 Å². The first-order valence-electron chi connectivity index (χ1n) is 6.49. The van der Waals surface area contributed by atoms with Crippen LogP contribution < -0.4 is 5.32 Å². The monoisotopic (exact) mass is 238 g/mol. The van der Waals surface area contributed by atoms with Crippen molar-refractivity contribution in [3.05, 3.63) is 0 Å². The molecular weight excluding hydrogens is 216 g/mol. The molecule has 1 unspecified atom stereocenters. The summed E-state index contributed by atoms with van der Waals surface area (Å²) >= 11 is 0. The largest absolute Gasteiger partial charge is 0.340 e. The molecule has 1 aliphatic carbocycles. The van der Waals surface area contributed by atoms with Gasteiger partial charge in [-0.05, 0) is 39.0 Å². The smallest absolute Gasteiger partial charge is 0.248 e. The number of nitrogens with one attached hydrogen (secondary N) is 1. The van der Waals surface area contributed by atoms with E-state index in [0.29, 0.717) is 0 Å². The summed E-state index contributed by atoms with van der Waals surface area (Å²) in [6.45, 7) is 7.58. The quantitative estimate of drug-likeness (QED) is 0.788. The Morgan fingerprint density at radius 2 is 1.88 bits per heavy atom. The molecule has 1 saturated carbocycles. The van der Waals surface area contributed by atoms with E-state index in [-0.39, 0.29) is 29.8 Å². The Labute approximate surface area is 103 Å². The van der Waals surface area contributed by atoms with Gasteiger partial charge in [-0.3, -0.25) is 9.59 Å². The lowest BCUT2D eigenvalue weighted by Crippen LogP contribution is -2.71. The summed E-state index contributed by atoms with van der Waals surface area (Å²) in [5.74, 6) is 0.229. The first kappa shape index (κ1) is 12.4. The number of hydrogen-bond donors (Lipinski definition) is 1. The fraction of sp³-hybridized carbons (Fsp3) is 0.846. The van der Waals surface area contributed by atoms with E-state index in [9.17, 15) is 9.59 Å². The number of carbonyl (C=O) groups is 2. The summed E-state index contributed by atoms with van der Waals surface area (Å²) in [7, 11) is 0. The van der Waals surface area contributed by atoms with E-state index in [2.05, 4.69) is 5.32 Å². The Kier molecular flexibility index (Phi) is 2.92. The van der Waals surface area contributed by atoms with E-state index in [1.54, 1.807) is 13.8 Å². The zero-order valence-corrected chi connectivity index (χ0v) is 11.1. The zero-order valence-electron chi connectivity index (χ0n) is 11.1. The van der Waals surface area contributed by atoms with Gasteiger partial charge in [-0.2, -0.15) is 0 Å². The van der Waals surface area contributed by atoms with E-state index >= 15 is 0 Å². The van der Waals surface area contributed by atoms with Crippen molar-refractivity contribution in [2.24, 2.45) is 5.92 Å². The van der Waals surface area contributed by atoms with Gasteiger partial charge in [0.15, 0.2) is 0 Å². The third kappa shape index (κ3) is 1.94. The third-order valence-electron chi connectivity index (χ3n) is 3.87. The van der Waals surface area contributed by atoms with E-state index < -0.39 is 5.54 Å². The standard InChI is InChI=1S/C13H22N2O2/c1-8(2)10-11(16)14-13(3,4)12(17)15(10)9-6-5-7-9/h8-10H,5-7H2,1-4H3,(H,14,16). The SMILES string of the molecule is CC(C)C1C(=O)NC(C)(C)C(=O)N1C1CCC1. The summed E-state index contributed by atoms with van der Waals surface area (Å²) in [5, 5.41) is 2.84. The van der Waals surface area contributed by atoms with E-state index in [0.717, 1.165) is 12.8 Å². The van der Waals surface area contributed by atoms with Gasteiger partial charge in [-0.25, -0.2) is 0 Å². The lowest BCUT2D eigenvalue weighted by molar-refractivity contribution is -0.160. The molecule has 1 atom stereocenters. The molecule has 0 aromatic carbocycles. The van der Waals surface area contributed by atoms with Crippen LogP contribution in [-0.4, -0.2) is 34.3 Å². The highest BCUT2D eigenvalue weighted by molar-refractivity contribution is 5.99. The fourth-order valence-corrected chi connectivity index (χ4v) is 2.69. The molecule has 0 radical (unpaired) electrons. The molecule has 1 saturated heterocycles. The second-order valence-corrected chi connectivity index (χ2v) is 6.10. The number of rotatable bonds is 2. The highest BCUT2D eigenvalue weighted by atomic mass is 16.2. The molecule has 2 aliphatic rings. The van der Waals surface area contributed by atoms with Crippen molar-refractivity contribution < 1.29 is 9.59 Å². The van der Waals surface area contributed by atoms with Crippen LogP contribution in [0.2, 0.25) is 0 Å². The molecule has 0 aromatic heterocycles. The van der Waals surface area contributed by atoms with Gasteiger partial charge in [-0.1, -0.05) is 13.8 Å². The van der Waals surface area contributed by atoms with Crippen LogP contribution in [0.15, 0.2) is 0 Å².